The van der Waals surface area contributed by atoms with Crippen LogP contribution in [0.25, 0.3) is 11.4 Å². The van der Waals surface area contributed by atoms with Crippen LogP contribution in [0.15, 0.2) is 16.7 Å². The summed E-state index contributed by atoms with van der Waals surface area (Å²) in [6, 6.07) is 1.49. The molecule has 114 valence electrons. The molecule has 1 aromatic heterocycles. The second-order valence-electron chi connectivity index (χ2n) is 4.71. The van der Waals surface area contributed by atoms with E-state index < -0.39 is 17.5 Å². The third kappa shape index (κ3) is 3.40. The Balaban J connectivity index is 2.20. The van der Waals surface area contributed by atoms with E-state index in [1.54, 1.807) is 11.9 Å². The van der Waals surface area contributed by atoms with Gasteiger partial charge in [0.25, 0.3) is 0 Å². The van der Waals surface area contributed by atoms with Crippen molar-refractivity contribution < 1.29 is 22.8 Å². The first-order valence-corrected chi connectivity index (χ1v) is 6.21. The monoisotopic (exact) mass is 301 g/mol. The fourth-order valence-electron chi connectivity index (χ4n) is 1.63. The molecule has 0 spiro atoms. The molecule has 0 amide bonds. The van der Waals surface area contributed by atoms with E-state index in [9.17, 15) is 13.2 Å². The maximum absolute atomic E-state index is 13.2. The molecule has 1 N–H and O–H groups in total. The van der Waals surface area contributed by atoms with E-state index in [1.165, 1.54) is 0 Å². The average Bonchev–Trinajstić information content (AvgIpc) is 2.91. The van der Waals surface area contributed by atoms with Crippen LogP contribution in [0.2, 0.25) is 0 Å². The number of nitrogens with zero attached hydrogens (tertiary/aromatic N) is 3. The molecule has 0 bridgehead atoms. The van der Waals surface area contributed by atoms with Gasteiger partial charge < -0.3 is 9.63 Å². The number of halogens is 3. The number of hydrogen-bond acceptors (Lipinski definition) is 5. The van der Waals surface area contributed by atoms with Gasteiger partial charge in [-0.25, -0.2) is 13.2 Å². The van der Waals surface area contributed by atoms with Crippen molar-refractivity contribution in [2.75, 3.05) is 13.7 Å². The SMILES string of the molecule is CC(CO)N(C)Cc1nc(-c2cc(F)c(F)c(F)c2)no1. The van der Waals surface area contributed by atoms with Crippen molar-refractivity contribution in [2.24, 2.45) is 0 Å². The summed E-state index contributed by atoms with van der Waals surface area (Å²) in [6.07, 6.45) is 0. The van der Waals surface area contributed by atoms with Gasteiger partial charge in [0, 0.05) is 11.6 Å². The molecule has 1 heterocycles. The molecule has 21 heavy (non-hydrogen) atoms. The van der Waals surface area contributed by atoms with Crippen LogP contribution >= 0.6 is 0 Å². The summed E-state index contributed by atoms with van der Waals surface area (Å²) in [6.45, 7) is 2.04. The zero-order valence-corrected chi connectivity index (χ0v) is 11.5. The predicted molar refractivity (Wildman–Crippen MR) is 67.6 cm³/mol. The molecule has 0 aliphatic rings. The summed E-state index contributed by atoms with van der Waals surface area (Å²) in [7, 11) is 1.75. The number of rotatable bonds is 5. The molecule has 1 aromatic carbocycles. The van der Waals surface area contributed by atoms with Gasteiger partial charge in [0.15, 0.2) is 17.5 Å². The molecule has 2 rings (SSSR count). The minimum Gasteiger partial charge on any atom is -0.395 e. The zero-order chi connectivity index (χ0) is 15.6. The molecule has 0 saturated carbocycles. The van der Waals surface area contributed by atoms with E-state index >= 15 is 0 Å². The number of aromatic nitrogens is 2. The number of aliphatic hydroxyl groups is 1. The van der Waals surface area contributed by atoms with E-state index in [0.717, 1.165) is 12.1 Å². The molecule has 2 aromatic rings. The number of benzene rings is 1. The van der Waals surface area contributed by atoms with Crippen LogP contribution in [0.5, 0.6) is 0 Å². The van der Waals surface area contributed by atoms with Gasteiger partial charge in [0.1, 0.15) is 0 Å². The Morgan fingerprint density at radius 2 is 1.90 bits per heavy atom. The van der Waals surface area contributed by atoms with Crippen molar-refractivity contribution in [1.29, 1.82) is 0 Å². The van der Waals surface area contributed by atoms with Crippen molar-refractivity contribution in [3.63, 3.8) is 0 Å². The molecule has 8 heteroatoms. The third-order valence-corrected chi connectivity index (χ3v) is 3.11. The van der Waals surface area contributed by atoms with Gasteiger partial charge in [-0.1, -0.05) is 5.16 Å². The average molecular weight is 301 g/mol. The maximum atomic E-state index is 13.2. The lowest BCUT2D eigenvalue weighted by atomic mass is 10.2. The van der Waals surface area contributed by atoms with Crippen LogP contribution in [0.3, 0.4) is 0 Å². The Kier molecular flexibility index (Phi) is 4.59. The van der Waals surface area contributed by atoms with Crippen molar-refractivity contribution in [3.05, 3.63) is 35.5 Å². The topological polar surface area (TPSA) is 62.4 Å². The highest BCUT2D eigenvalue weighted by atomic mass is 19.2. The van der Waals surface area contributed by atoms with Gasteiger partial charge in [-0.05, 0) is 26.1 Å². The minimum atomic E-state index is -1.54. The fourth-order valence-corrected chi connectivity index (χ4v) is 1.63. The summed E-state index contributed by atoms with van der Waals surface area (Å²) >= 11 is 0. The third-order valence-electron chi connectivity index (χ3n) is 3.11. The minimum absolute atomic E-state index is 0.0146. The summed E-state index contributed by atoms with van der Waals surface area (Å²) in [5, 5.41) is 12.6. The Morgan fingerprint density at radius 1 is 1.29 bits per heavy atom. The predicted octanol–water partition coefficient (Wildman–Crippen LogP) is 1.97. The van der Waals surface area contributed by atoms with E-state index in [4.69, 9.17) is 9.63 Å². The Labute approximate surface area is 119 Å². The largest absolute Gasteiger partial charge is 0.395 e. The number of aliphatic hydroxyl groups excluding tert-OH is 1. The lowest BCUT2D eigenvalue weighted by Crippen LogP contribution is -2.31. The summed E-state index contributed by atoms with van der Waals surface area (Å²) < 4.78 is 44.2. The molecule has 0 fully saturated rings. The molecule has 5 nitrogen and oxygen atoms in total. The van der Waals surface area contributed by atoms with Gasteiger partial charge in [-0.3, -0.25) is 4.90 Å². The van der Waals surface area contributed by atoms with Gasteiger partial charge in [-0.2, -0.15) is 4.98 Å². The molecule has 0 aliphatic carbocycles. The van der Waals surface area contributed by atoms with Crippen LogP contribution in [0, 0.1) is 17.5 Å². The first-order valence-electron chi connectivity index (χ1n) is 6.21. The van der Waals surface area contributed by atoms with E-state index in [1.807, 2.05) is 6.92 Å². The van der Waals surface area contributed by atoms with Crippen molar-refractivity contribution >= 4 is 0 Å². The van der Waals surface area contributed by atoms with Gasteiger partial charge in [0.2, 0.25) is 11.7 Å². The number of likely N-dealkylation sites (N-methyl/N-ethyl adjacent to an activating group) is 1. The van der Waals surface area contributed by atoms with Crippen LogP contribution in [-0.2, 0) is 6.54 Å². The highest BCUT2D eigenvalue weighted by Gasteiger charge is 2.17. The fraction of sp³-hybridized carbons (Fsp3) is 0.385. The van der Waals surface area contributed by atoms with E-state index in [0.29, 0.717) is 0 Å². The molecule has 1 unspecified atom stereocenters. The van der Waals surface area contributed by atoms with Crippen LogP contribution < -0.4 is 0 Å². The lowest BCUT2D eigenvalue weighted by molar-refractivity contribution is 0.142. The van der Waals surface area contributed by atoms with E-state index in [2.05, 4.69) is 10.1 Å². The van der Waals surface area contributed by atoms with Gasteiger partial charge in [0.05, 0.1) is 13.2 Å². The lowest BCUT2D eigenvalue weighted by Gasteiger charge is -2.20. The highest BCUT2D eigenvalue weighted by molar-refractivity contribution is 5.54. The van der Waals surface area contributed by atoms with E-state index in [-0.39, 0.29) is 36.5 Å². The quantitative estimate of drug-likeness (QED) is 0.856. The second kappa shape index (κ2) is 6.23. The smallest absolute Gasteiger partial charge is 0.241 e. The number of hydrogen-bond donors (Lipinski definition) is 1. The zero-order valence-electron chi connectivity index (χ0n) is 11.5. The molecule has 1 atom stereocenters. The molecular formula is C13H14F3N3O2. The Morgan fingerprint density at radius 3 is 2.48 bits per heavy atom. The Hall–Kier alpha value is -1.93. The maximum Gasteiger partial charge on any atom is 0.241 e. The standard InChI is InChI=1S/C13H14F3N3O2/c1-7(6-20)19(2)5-11-17-13(18-21-11)8-3-9(14)12(16)10(15)4-8/h3-4,7,20H,5-6H2,1-2H3. The normalized spacial score (nSPS) is 12.9. The summed E-state index contributed by atoms with van der Waals surface area (Å²) in [5.74, 6) is -3.99. The summed E-state index contributed by atoms with van der Waals surface area (Å²) in [4.78, 5) is 5.76. The van der Waals surface area contributed by atoms with Crippen molar-refractivity contribution in [2.45, 2.75) is 19.5 Å². The first-order chi connectivity index (χ1) is 9.92. The molecular weight excluding hydrogens is 287 g/mol. The Bertz CT molecular complexity index is 610. The van der Waals surface area contributed by atoms with Crippen LogP contribution in [0.4, 0.5) is 13.2 Å². The van der Waals surface area contributed by atoms with Crippen LogP contribution in [0.1, 0.15) is 12.8 Å². The van der Waals surface area contributed by atoms with Gasteiger partial charge >= 0.3 is 0 Å². The summed E-state index contributed by atoms with van der Waals surface area (Å²) in [5.41, 5.74) is -0.0146. The molecule has 0 aliphatic heterocycles. The van der Waals surface area contributed by atoms with Crippen molar-refractivity contribution in [1.82, 2.24) is 15.0 Å². The molecule has 0 saturated heterocycles. The second-order valence-corrected chi connectivity index (χ2v) is 4.71. The van der Waals surface area contributed by atoms with Gasteiger partial charge in [-0.15, -0.1) is 0 Å². The van der Waals surface area contributed by atoms with Crippen LogP contribution in [-0.4, -0.2) is 39.8 Å². The first kappa shape index (κ1) is 15.5. The highest BCUT2D eigenvalue weighted by Crippen LogP contribution is 2.21. The molecule has 0 radical (unpaired) electrons. The van der Waals surface area contributed by atoms with Crippen molar-refractivity contribution in [3.8, 4) is 11.4 Å².